The van der Waals surface area contributed by atoms with Crippen LogP contribution in [0.1, 0.15) is 26.7 Å². The van der Waals surface area contributed by atoms with Gasteiger partial charge in [0.15, 0.2) is 0 Å². The fourth-order valence-corrected chi connectivity index (χ4v) is 1.61. The SMILES string of the molecule is CC1(C)C[C@@H](C(=O)Cl)CCO1. The fourth-order valence-electron chi connectivity index (χ4n) is 1.43. The fraction of sp³-hybridized carbons (Fsp3) is 0.875. The Labute approximate surface area is 71.9 Å². The predicted molar refractivity (Wildman–Crippen MR) is 43.6 cm³/mol. The Bertz CT molecular complexity index is 165. The molecule has 2 nitrogen and oxygen atoms in total. The molecule has 0 N–H and O–H groups in total. The molecule has 1 heterocycles. The van der Waals surface area contributed by atoms with Crippen LogP contribution in [0.25, 0.3) is 0 Å². The van der Waals surface area contributed by atoms with E-state index < -0.39 is 0 Å². The van der Waals surface area contributed by atoms with E-state index in [1.54, 1.807) is 0 Å². The summed E-state index contributed by atoms with van der Waals surface area (Å²) in [6.07, 6.45) is 1.51. The van der Waals surface area contributed by atoms with Crippen molar-refractivity contribution in [3.63, 3.8) is 0 Å². The molecule has 64 valence electrons. The lowest BCUT2D eigenvalue weighted by molar-refractivity contribution is -0.125. The molecular formula is C8H13ClO2. The Morgan fingerprint density at radius 3 is 2.64 bits per heavy atom. The Morgan fingerprint density at radius 2 is 2.27 bits per heavy atom. The highest BCUT2D eigenvalue weighted by molar-refractivity contribution is 6.64. The Kier molecular flexibility index (Phi) is 2.55. The molecule has 1 aliphatic rings. The third-order valence-electron chi connectivity index (χ3n) is 2.02. The van der Waals surface area contributed by atoms with Crippen molar-refractivity contribution >= 4 is 16.8 Å². The van der Waals surface area contributed by atoms with Crippen molar-refractivity contribution < 1.29 is 9.53 Å². The minimum atomic E-state index is -0.221. The number of hydrogen-bond donors (Lipinski definition) is 0. The summed E-state index contributed by atoms with van der Waals surface area (Å²) < 4.78 is 5.43. The van der Waals surface area contributed by atoms with Crippen molar-refractivity contribution in [2.75, 3.05) is 6.61 Å². The molecule has 0 aliphatic carbocycles. The maximum absolute atomic E-state index is 10.8. The van der Waals surface area contributed by atoms with Gasteiger partial charge in [-0.15, -0.1) is 0 Å². The molecule has 1 fully saturated rings. The standard InChI is InChI=1S/C8H13ClO2/c1-8(2)5-6(7(9)10)3-4-11-8/h6H,3-5H2,1-2H3/t6-/m0/s1. The molecule has 1 atom stereocenters. The average Bonchev–Trinajstić information content (AvgIpc) is 1.85. The molecule has 0 bridgehead atoms. The maximum Gasteiger partial charge on any atom is 0.224 e. The van der Waals surface area contributed by atoms with E-state index in [-0.39, 0.29) is 16.8 Å². The second-order valence-electron chi connectivity index (χ2n) is 3.60. The first-order chi connectivity index (χ1) is 5.01. The quantitative estimate of drug-likeness (QED) is 0.571. The zero-order valence-electron chi connectivity index (χ0n) is 6.89. The summed E-state index contributed by atoms with van der Waals surface area (Å²) in [6, 6.07) is 0. The Morgan fingerprint density at radius 1 is 1.64 bits per heavy atom. The van der Waals surface area contributed by atoms with Crippen LogP contribution in [0.3, 0.4) is 0 Å². The van der Waals surface area contributed by atoms with Crippen LogP contribution in [0.5, 0.6) is 0 Å². The lowest BCUT2D eigenvalue weighted by Crippen LogP contribution is -2.35. The number of hydrogen-bond acceptors (Lipinski definition) is 2. The predicted octanol–water partition coefficient (Wildman–Crippen LogP) is 1.96. The molecule has 11 heavy (non-hydrogen) atoms. The van der Waals surface area contributed by atoms with Crippen LogP contribution in [-0.2, 0) is 9.53 Å². The van der Waals surface area contributed by atoms with Gasteiger partial charge < -0.3 is 4.74 Å². The minimum absolute atomic E-state index is 0.000386. The van der Waals surface area contributed by atoms with Crippen molar-refractivity contribution in [2.24, 2.45) is 5.92 Å². The molecule has 1 rings (SSSR count). The van der Waals surface area contributed by atoms with Crippen molar-refractivity contribution in [1.82, 2.24) is 0 Å². The lowest BCUT2D eigenvalue weighted by Gasteiger charge is -2.33. The average molecular weight is 177 g/mol. The van der Waals surface area contributed by atoms with Crippen LogP contribution < -0.4 is 0 Å². The molecule has 0 amide bonds. The van der Waals surface area contributed by atoms with Crippen LogP contribution in [0, 0.1) is 5.92 Å². The topological polar surface area (TPSA) is 26.3 Å². The third-order valence-corrected chi connectivity index (χ3v) is 2.33. The number of ether oxygens (including phenoxy) is 1. The molecular weight excluding hydrogens is 164 g/mol. The van der Waals surface area contributed by atoms with Gasteiger partial charge in [0.2, 0.25) is 5.24 Å². The van der Waals surface area contributed by atoms with Gasteiger partial charge in [0, 0.05) is 12.5 Å². The highest BCUT2D eigenvalue weighted by atomic mass is 35.5. The first kappa shape index (κ1) is 9.01. The van der Waals surface area contributed by atoms with Gasteiger partial charge in [-0.05, 0) is 38.3 Å². The van der Waals surface area contributed by atoms with Crippen molar-refractivity contribution in [3.05, 3.63) is 0 Å². The summed E-state index contributed by atoms with van der Waals surface area (Å²) in [6.45, 7) is 4.62. The summed E-state index contributed by atoms with van der Waals surface area (Å²) in [5, 5.41) is -0.221. The molecule has 1 aliphatic heterocycles. The highest BCUT2D eigenvalue weighted by Crippen LogP contribution is 2.29. The first-order valence-corrected chi connectivity index (χ1v) is 4.22. The number of carbonyl (C=O) groups excluding carboxylic acids is 1. The van der Waals surface area contributed by atoms with Crippen LogP contribution in [0.4, 0.5) is 0 Å². The van der Waals surface area contributed by atoms with E-state index in [0.717, 1.165) is 12.8 Å². The highest BCUT2D eigenvalue weighted by Gasteiger charge is 2.31. The second-order valence-corrected chi connectivity index (χ2v) is 3.97. The summed E-state index contributed by atoms with van der Waals surface area (Å²) in [7, 11) is 0. The summed E-state index contributed by atoms with van der Waals surface area (Å²) in [5.41, 5.74) is -0.173. The van der Waals surface area contributed by atoms with E-state index in [1.807, 2.05) is 13.8 Å². The second kappa shape index (κ2) is 3.11. The van der Waals surface area contributed by atoms with Crippen molar-refractivity contribution in [1.29, 1.82) is 0 Å². The van der Waals surface area contributed by atoms with E-state index >= 15 is 0 Å². The summed E-state index contributed by atoms with van der Waals surface area (Å²) in [4.78, 5) is 10.8. The van der Waals surface area contributed by atoms with Crippen molar-refractivity contribution in [2.45, 2.75) is 32.3 Å². The molecule has 0 unspecified atom stereocenters. The van der Waals surface area contributed by atoms with Gasteiger partial charge in [0.05, 0.1) is 5.60 Å². The zero-order valence-corrected chi connectivity index (χ0v) is 7.65. The van der Waals surface area contributed by atoms with Gasteiger partial charge in [0.25, 0.3) is 0 Å². The molecule has 0 saturated carbocycles. The first-order valence-electron chi connectivity index (χ1n) is 3.84. The monoisotopic (exact) mass is 176 g/mol. The van der Waals surface area contributed by atoms with E-state index in [0.29, 0.717) is 6.61 Å². The minimum Gasteiger partial charge on any atom is -0.376 e. The number of rotatable bonds is 1. The Balaban J connectivity index is 2.53. The van der Waals surface area contributed by atoms with Gasteiger partial charge in [-0.3, -0.25) is 4.79 Å². The molecule has 0 spiro atoms. The summed E-state index contributed by atoms with van der Waals surface area (Å²) >= 11 is 5.39. The smallest absolute Gasteiger partial charge is 0.224 e. The molecule has 0 aromatic carbocycles. The Hall–Kier alpha value is -0.0800. The molecule has 3 heteroatoms. The van der Waals surface area contributed by atoms with E-state index in [2.05, 4.69) is 0 Å². The summed E-state index contributed by atoms with van der Waals surface area (Å²) in [5.74, 6) is 0.000386. The lowest BCUT2D eigenvalue weighted by atomic mass is 9.89. The van der Waals surface area contributed by atoms with Crippen molar-refractivity contribution in [3.8, 4) is 0 Å². The van der Waals surface area contributed by atoms with Gasteiger partial charge in [-0.1, -0.05) is 0 Å². The van der Waals surface area contributed by atoms with E-state index in [9.17, 15) is 4.79 Å². The molecule has 0 aromatic heterocycles. The molecule has 1 saturated heterocycles. The molecule has 0 radical (unpaired) electrons. The normalized spacial score (nSPS) is 29.9. The number of halogens is 1. The third kappa shape index (κ3) is 2.46. The van der Waals surface area contributed by atoms with Gasteiger partial charge in [-0.2, -0.15) is 0 Å². The van der Waals surface area contributed by atoms with Crippen LogP contribution in [0.15, 0.2) is 0 Å². The largest absolute Gasteiger partial charge is 0.376 e. The van der Waals surface area contributed by atoms with Crippen LogP contribution in [0.2, 0.25) is 0 Å². The van der Waals surface area contributed by atoms with Crippen LogP contribution in [-0.4, -0.2) is 17.5 Å². The van der Waals surface area contributed by atoms with E-state index in [4.69, 9.17) is 16.3 Å². The molecule has 0 aromatic rings. The van der Waals surface area contributed by atoms with Gasteiger partial charge in [-0.25, -0.2) is 0 Å². The van der Waals surface area contributed by atoms with Gasteiger partial charge in [0.1, 0.15) is 0 Å². The van der Waals surface area contributed by atoms with Crippen LogP contribution >= 0.6 is 11.6 Å². The number of carbonyl (C=O) groups is 1. The zero-order chi connectivity index (χ0) is 8.48. The van der Waals surface area contributed by atoms with E-state index in [1.165, 1.54) is 0 Å². The maximum atomic E-state index is 10.8. The van der Waals surface area contributed by atoms with Gasteiger partial charge >= 0.3 is 0 Å².